The highest BCUT2D eigenvalue weighted by Crippen LogP contribution is 2.42. The van der Waals surface area contributed by atoms with Gasteiger partial charge in [-0.25, -0.2) is 0 Å². The number of aliphatic hydroxyl groups is 1. The Labute approximate surface area is 209 Å². The first-order valence-electron chi connectivity index (χ1n) is 12.7. The fraction of sp³-hybridized carbons (Fsp3) is 0.536. The number of nitrogens with zero attached hydrogens (tertiary/aromatic N) is 2. The zero-order chi connectivity index (χ0) is 25.9. The number of alkyl halides is 3. The number of carbonyl (C=O) groups excluding carboxylic acids is 2. The minimum atomic E-state index is -4.51. The van der Waals surface area contributed by atoms with Gasteiger partial charge in [-0.3, -0.25) is 14.6 Å². The molecule has 1 aromatic carbocycles. The summed E-state index contributed by atoms with van der Waals surface area (Å²) in [4.78, 5) is 31.4. The Bertz CT molecular complexity index is 1070. The van der Waals surface area contributed by atoms with Crippen molar-refractivity contribution in [3.05, 3.63) is 65.5 Å². The van der Waals surface area contributed by atoms with Gasteiger partial charge in [0.15, 0.2) is 5.78 Å². The molecule has 2 aromatic rings. The highest BCUT2D eigenvalue weighted by Gasteiger charge is 2.39. The lowest BCUT2D eigenvalue weighted by Crippen LogP contribution is -2.34. The van der Waals surface area contributed by atoms with Crippen LogP contribution in [0.2, 0.25) is 0 Å². The molecule has 8 heteroatoms. The molecule has 36 heavy (non-hydrogen) atoms. The molecule has 1 aliphatic carbocycles. The van der Waals surface area contributed by atoms with Crippen molar-refractivity contribution in [2.45, 2.75) is 76.1 Å². The standard InChI is InChI=1S/C28H33F3N2O3/c1-19-15-21(16-20-10-12-27(36,13-11-20)25-7-2-3-14-32-25)18-33(19)26(35)9-8-24(34)22-5-4-6-23(17-22)28(29,30)31/h2-7,14,17,19-21,36H,8-13,15-16,18H2,1H3/t19-,20?,21-,27?/m1/s1. The van der Waals surface area contributed by atoms with Crippen LogP contribution in [0.1, 0.15) is 79.9 Å². The van der Waals surface area contributed by atoms with Crippen LogP contribution in [0.3, 0.4) is 0 Å². The summed E-state index contributed by atoms with van der Waals surface area (Å²) in [5, 5.41) is 11.0. The number of amides is 1. The van der Waals surface area contributed by atoms with Gasteiger partial charge in [0.1, 0.15) is 5.60 Å². The number of benzene rings is 1. The summed E-state index contributed by atoms with van der Waals surface area (Å²) in [5.74, 6) is 0.275. The van der Waals surface area contributed by atoms with E-state index in [4.69, 9.17) is 0 Å². The van der Waals surface area contributed by atoms with Crippen LogP contribution in [0.5, 0.6) is 0 Å². The van der Waals surface area contributed by atoms with E-state index < -0.39 is 23.1 Å². The Balaban J connectivity index is 1.25. The number of halogens is 3. The molecule has 0 spiro atoms. The van der Waals surface area contributed by atoms with E-state index in [-0.39, 0.29) is 30.4 Å². The van der Waals surface area contributed by atoms with Crippen molar-refractivity contribution in [3.8, 4) is 0 Å². The first-order valence-corrected chi connectivity index (χ1v) is 12.7. The van der Waals surface area contributed by atoms with Gasteiger partial charge in [0, 0.05) is 37.2 Å². The van der Waals surface area contributed by atoms with E-state index in [1.165, 1.54) is 12.1 Å². The number of carbonyl (C=O) groups is 2. The van der Waals surface area contributed by atoms with E-state index in [1.807, 2.05) is 30.0 Å². The summed E-state index contributed by atoms with van der Waals surface area (Å²) in [6.45, 7) is 2.64. The van der Waals surface area contributed by atoms with Crippen molar-refractivity contribution in [2.75, 3.05) is 6.54 Å². The highest BCUT2D eigenvalue weighted by molar-refractivity contribution is 5.98. The second kappa shape index (κ2) is 10.7. The summed E-state index contributed by atoms with van der Waals surface area (Å²) < 4.78 is 38.8. The number of ketones is 1. The number of hydrogen-bond acceptors (Lipinski definition) is 4. The van der Waals surface area contributed by atoms with E-state index in [2.05, 4.69) is 4.98 Å². The third-order valence-electron chi connectivity index (χ3n) is 7.80. The zero-order valence-electron chi connectivity index (χ0n) is 20.5. The molecule has 0 radical (unpaired) electrons. The smallest absolute Gasteiger partial charge is 0.384 e. The number of pyridine rings is 1. The van der Waals surface area contributed by atoms with Crippen LogP contribution in [0, 0.1) is 11.8 Å². The Kier molecular flexibility index (Phi) is 7.83. The molecular formula is C28H33F3N2O3. The molecule has 2 aliphatic rings. The predicted molar refractivity (Wildman–Crippen MR) is 129 cm³/mol. The molecule has 1 amide bonds. The lowest BCUT2D eigenvalue weighted by Gasteiger charge is -2.36. The van der Waals surface area contributed by atoms with Crippen LogP contribution in [0.25, 0.3) is 0 Å². The molecule has 2 fully saturated rings. The lowest BCUT2D eigenvalue weighted by molar-refractivity contribution is -0.137. The third-order valence-corrected chi connectivity index (χ3v) is 7.80. The fourth-order valence-electron chi connectivity index (χ4n) is 5.79. The molecule has 0 unspecified atom stereocenters. The molecule has 194 valence electrons. The molecule has 1 aliphatic heterocycles. The fourth-order valence-corrected chi connectivity index (χ4v) is 5.79. The molecular weight excluding hydrogens is 469 g/mol. The average Bonchev–Trinajstić information content (AvgIpc) is 3.24. The number of rotatable bonds is 7. The minimum Gasteiger partial charge on any atom is -0.384 e. The monoisotopic (exact) mass is 502 g/mol. The normalized spacial score (nSPS) is 26.7. The van der Waals surface area contributed by atoms with E-state index in [9.17, 15) is 27.9 Å². The van der Waals surface area contributed by atoms with Crippen molar-refractivity contribution < 1.29 is 27.9 Å². The second-order valence-electron chi connectivity index (χ2n) is 10.4. The summed E-state index contributed by atoms with van der Waals surface area (Å²) in [6, 6.07) is 10.0. The topological polar surface area (TPSA) is 70.5 Å². The summed E-state index contributed by atoms with van der Waals surface area (Å²) in [5.41, 5.74) is -1.02. The third kappa shape index (κ3) is 6.14. The maximum Gasteiger partial charge on any atom is 0.416 e. The van der Waals surface area contributed by atoms with Gasteiger partial charge < -0.3 is 10.0 Å². The van der Waals surface area contributed by atoms with Crippen molar-refractivity contribution in [3.63, 3.8) is 0 Å². The van der Waals surface area contributed by atoms with Crippen LogP contribution in [0.15, 0.2) is 48.7 Å². The van der Waals surface area contributed by atoms with Gasteiger partial charge >= 0.3 is 6.18 Å². The average molecular weight is 503 g/mol. The predicted octanol–water partition coefficient (Wildman–Crippen LogP) is 5.77. The van der Waals surface area contributed by atoms with Crippen molar-refractivity contribution in [1.82, 2.24) is 9.88 Å². The maximum absolute atomic E-state index is 12.9. The molecule has 1 N–H and O–H groups in total. The second-order valence-corrected chi connectivity index (χ2v) is 10.4. The van der Waals surface area contributed by atoms with Gasteiger partial charge in [-0.1, -0.05) is 18.2 Å². The van der Waals surface area contributed by atoms with Crippen molar-refractivity contribution in [2.24, 2.45) is 11.8 Å². The molecule has 1 aromatic heterocycles. The number of aromatic nitrogens is 1. The number of hydrogen-bond donors (Lipinski definition) is 1. The van der Waals surface area contributed by atoms with Crippen LogP contribution >= 0.6 is 0 Å². The van der Waals surface area contributed by atoms with Gasteiger partial charge in [0.25, 0.3) is 0 Å². The molecule has 2 atom stereocenters. The number of Topliss-reactive ketones (excluding diaryl/α,β-unsaturated/α-hetero) is 1. The van der Waals surface area contributed by atoms with E-state index in [0.29, 0.717) is 31.2 Å². The number of likely N-dealkylation sites (tertiary alicyclic amines) is 1. The van der Waals surface area contributed by atoms with Crippen molar-refractivity contribution >= 4 is 11.7 Å². The minimum absolute atomic E-state index is 0.00727. The first kappa shape index (κ1) is 26.3. The summed E-state index contributed by atoms with van der Waals surface area (Å²) >= 11 is 0. The van der Waals surface area contributed by atoms with Gasteiger partial charge in [0.05, 0.1) is 11.3 Å². The molecule has 1 saturated heterocycles. The first-order chi connectivity index (χ1) is 17.0. The molecule has 2 heterocycles. The largest absolute Gasteiger partial charge is 0.416 e. The molecule has 0 bridgehead atoms. The summed E-state index contributed by atoms with van der Waals surface area (Å²) in [7, 11) is 0. The van der Waals surface area contributed by atoms with Crippen molar-refractivity contribution in [1.29, 1.82) is 0 Å². The quantitative estimate of drug-likeness (QED) is 0.488. The zero-order valence-corrected chi connectivity index (χ0v) is 20.5. The maximum atomic E-state index is 12.9. The molecule has 5 nitrogen and oxygen atoms in total. The Morgan fingerprint density at radius 1 is 1.08 bits per heavy atom. The van der Waals surface area contributed by atoms with Gasteiger partial charge in [-0.05, 0) is 81.5 Å². The van der Waals surface area contributed by atoms with E-state index >= 15 is 0 Å². The SMILES string of the molecule is C[C@@H]1C[C@H](CC2CCC(O)(c3ccccn3)CC2)CN1C(=O)CCC(=O)c1cccc(C(F)(F)F)c1. The van der Waals surface area contributed by atoms with Gasteiger partial charge in [-0.2, -0.15) is 13.2 Å². The van der Waals surface area contributed by atoms with Gasteiger partial charge in [-0.15, -0.1) is 0 Å². The van der Waals surface area contributed by atoms with E-state index in [1.54, 1.807) is 6.20 Å². The Morgan fingerprint density at radius 2 is 1.83 bits per heavy atom. The highest BCUT2D eigenvalue weighted by atomic mass is 19.4. The van der Waals surface area contributed by atoms with Crippen LogP contribution in [-0.2, 0) is 16.6 Å². The lowest BCUT2D eigenvalue weighted by atomic mass is 9.74. The Morgan fingerprint density at radius 3 is 2.50 bits per heavy atom. The van der Waals surface area contributed by atoms with Crippen LogP contribution in [0.4, 0.5) is 13.2 Å². The molecule has 4 rings (SSSR count). The van der Waals surface area contributed by atoms with Crippen LogP contribution < -0.4 is 0 Å². The molecule has 1 saturated carbocycles. The summed E-state index contributed by atoms with van der Waals surface area (Å²) in [6.07, 6.45) is 2.16. The van der Waals surface area contributed by atoms with Gasteiger partial charge in [0.2, 0.25) is 5.91 Å². The van der Waals surface area contributed by atoms with E-state index in [0.717, 1.165) is 43.5 Å². The van der Waals surface area contributed by atoms with Crippen LogP contribution in [-0.4, -0.2) is 39.3 Å². The Hall–Kier alpha value is -2.74.